The Morgan fingerprint density at radius 2 is 2.00 bits per heavy atom. The molecule has 0 saturated heterocycles. The van der Waals surface area contributed by atoms with Crippen LogP contribution in [0.15, 0.2) is 18.2 Å². The van der Waals surface area contributed by atoms with Crippen LogP contribution >= 0.6 is 0 Å². The maximum atomic E-state index is 10.8. The minimum atomic E-state index is -0.925. The van der Waals surface area contributed by atoms with Crippen LogP contribution in [0, 0.1) is 0 Å². The molecule has 0 bridgehead atoms. The van der Waals surface area contributed by atoms with Crippen molar-refractivity contribution >= 4 is 5.97 Å². The molecule has 0 aromatic heterocycles. The van der Waals surface area contributed by atoms with E-state index in [0.29, 0.717) is 11.7 Å². The van der Waals surface area contributed by atoms with Crippen LogP contribution in [0.5, 0.6) is 5.75 Å². The summed E-state index contributed by atoms with van der Waals surface area (Å²) in [5, 5.41) is 8.86. The van der Waals surface area contributed by atoms with Gasteiger partial charge >= 0.3 is 5.97 Å². The van der Waals surface area contributed by atoms with E-state index >= 15 is 0 Å². The number of benzene rings is 1. The Morgan fingerprint density at radius 1 is 1.36 bits per heavy atom. The van der Waals surface area contributed by atoms with Crippen LogP contribution in [0.25, 0.3) is 0 Å². The van der Waals surface area contributed by atoms with Crippen LogP contribution < -0.4 is 4.74 Å². The molecule has 1 rings (SSSR count). The number of rotatable bonds is 3. The van der Waals surface area contributed by atoms with E-state index in [4.69, 9.17) is 9.84 Å². The number of carboxylic acid groups (broad SMARTS) is 1. The Balaban J connectivity index is 3.20. The maximum absolute atomic E-state index is 10.8. The summed E-state index contributed by atoms with van der Waals surface area (Å²) in [6, 6.07) is 5.06. The molecule has 0 radical (unpaired) electrons. The van der Waals surface area contributed by atoms with E-state index in [1.165, 1.54) is 13.2 Å². The summed E-state index contributed by atoms with van der Waals surface area (Å²) >= 11 is 0. The number of ether oxygens (including phenoxy) is 1. The van der Waals surface area contributed by atoms with Gasteiger partial charge in [0.05, 0.1) is 12.7 Å². The Kier molecular flexibility index (Phi) is 3.12. The Morgan fingerprint density at radius 3 is 2.43 bits per heavy atom. The fourth-order valence-corrected chi connectivity index (χ4v) is 1.20. The average Bonchev–Trinajstić information content (AvgIpc) is 2.16. The predicted molar refractivity (Wildman–Crippen MR) is 54.0 cm³/mol. The van der Waals surface area contributed by atoms with Gasteiger partial charge in [-0.15, -0.1) is 0 Å². The number of methoxy groups -OCH3 is 1. The lowest BCUT2D eigenvalue weighted by atomic mass is 10.0. The number of carboxylic acids is 1. The molecule has 0 amide bonds. The largest absolute Gasteiger partial charge is 0.497 e. The van der Waals surface area contributed by atoms with Crippen LogP contribution in [-0.4, -0.2) is 18.2 Å². The van der Waals surface area contributed by atoms with Crippen LogP contribution in [0.4, 0.5) is 0 Å². The minimum Gasteiger partial charge on any atom is -0.497 e. The molecule has 3 heteroatoms. The summed E-state index contributed by atoms with van der Waals surface area (Å²) < 4.78 is 5.03. The number of aromatic carboxylic acids is 1. The summed E-state index contributed by atoms with van der Waals surface area (Å²) in [6.45, 7) is 4.03. The highest BCUT2D eigenvalue weighted by Crippen LogP contribution is 2.22. The van der Waals surface area contributed by atoms with Gasteiger partial charge in [0.15, 0.2) is 0 Å². The summed E-state index contributed by atoms with van der Waals surface area (Å²) in [6.07, 6.45) is 0. The molecule has 1 aromatic rings. The molecule has 1 N–H and O–H groups in total. The molecule has 3 nitrogen and oxygen atoms in total. The normalized spacial score (nSPS) is 10.3. The Labute approximate surface area is 83.3 Å². The summed E-state index contributed by atoms with van der Waals surface area (Å²) in [5.74, 6) is -0.0393. The molecule has 0 saturated carbocycles. The van der Waals surface area contributed by atoms with Crippen molar-refractivity contribution < 1.29 is 14.6 Å². The van der Waals surface area contributed by atoms with Gasteiger partial charge in [-0.2, -0.15) is 0 Å². The van der Waals surface area contributed by atoms with E-state index in [9.17, 15) is 4.79 Å². The van der Waals surface area contributed by atoms with Crippen molar-refractivity contribution in [2.24, 2.45) is 0 Å². The van der Waals surface area contributed by atoms with Crippen molar-refractivity contribution in [1.29, 1.82) is 0 Å². The second-order valence-corrected chi connectivity index (χ2v) is 3.45. The van der Waals surface area contributed by atoms with E-state index in [0.717, 1.165) is 5.56 Å². The fourth-order valence-electron chi connectivity index (χ4n) is 1.20. The highest BCUT2D eigenvalue weighted by atomic mass is 16.5. The van der Waals surface area contributed by atoms with Crippen molar-refractivity contribution in [3.63, 3.8) is 0 Å². The lowest BCUT2D eigenvalue weighted by Gasteiger charge is -2.09. The van der Waals surface area contributed by atoms with E-state index in [1.54, 1.807) is 6.07 Å². The molecule has 0 atom stereocenters. The third-order valence-electron chi connectivity index (χ3n) is 2.08. The molecule has 0 aliphatic heterocycles. The van der Waals surface area contributed by atoms with Crippen LogP contribution in [0.2, 0.25) is 0 Å². The fraction of sp³-hybridized carbons (Fsp3) is 0.364. The summed E-state index contributed by atoms with van der Waals surface area (Å²) in [4.78, 5) is 10.8. The van der Waals surface area contributed by atoms with E-state index < -0.39 is 5.97 Å². The lowest BCUT2D eigenvalue weighted by Crippen LogP contribution is -2.00. The third-order valence-corrected chi connectivity index (χ3v) is 2.08. The minimum absolute atomic E-state index is 0.271. The quantitative estimate of drug-likeness (QED) is 0.804. The molecule has 0 heterocycles. The van der Waals surface area contributed by atoms with Crippen molar-refractivity contribution in [2.75, 3.05) is 7.11 Å². The van der Waals surface area contributed by atoms with Gasteiger partial charge in [-0.05, 0) is 29.7 Å². The second-order valence-electron chi connectivity index (χ2n) is 3.45. The summed E-state index contributed by atoms with van der Waals surface area (Å²) in [7, 11) is 1.53. The van der Waals surface area contributed by atoms with Gasteiger partial charge in [-0.25, -0.2) is 4.79 Å². The number of hydrogen-bond acceptors (Lipinski definition) is 2. The van der Waals surface area contributed by atoms with Crippen molar-refractivity contribution in [1.82, 2.24) is 0 Å². The number of hydrogen-bond donors (Lipinski definition) is 1. The van der Waals surface area contributed by atoms with Crippen molar-refractivity contribution in [2.45, 2.75) is 19.8 Å². The Hall–Kier alpha value is -1.51. The molecule has 0 spiro atoms. The molecular formula is C11H14O3. The van der Waals surface area contributed by atoms with E-state index in [2.05, 4.69) is 0 Å². The average molecular weight is 194 g/mol. The molecule has 14 heavy (non-hydrogen) atoms. The van der Waals surface area contributed by atoms with Crippen LogP contribution in [0.1, 0.15) is 35.7 Å². The monoisotopic (exact) mass is 194 g/mol. The second kappa shape index (κ2) is 4.13. The molecule has 1 aromatic carbocycles. The summed E-state index contributed by atoms with van der Waals surface area (Å²) in [5.41, 5.74) is 1.25. The van der Waals surface area contributed by atoms with Crippen molar-refractivity contribution in [3.05, 3.63) is 29.3 Å². The third kappa shape index (κ3) is 2.25. The zero-order chi connectivity index (χ0) is 10.7. The van der Waals surface area contributed by atoms with Crippen LogP contribution in [0.3, 0.4) is 0 Å². The number of carbonyl (C=O) groups is 1. The van der Waals surface area contributed by atoms with Crippen LogP contribution in [-0.2, 0) is 0 Å². The van der Waals surface area contributed by atoms with Gasteiger partial charge in [0.1, 0.15) is 5.75 Å². The van der Waals surface area contributed by atoms with Gasteiger partial charge in [-0.1, -0.05) is 13.8 Å². The first-order valence-electron chi connectivity index (χ1n) is 4.47. The molecule has 0 fully saturated rings. The van der Waals surface area contributed by atoms with Gasteiger partial charge in [0.2, 0.25) is 0 Å². The molecular weight excluding hydrogens is 180 g/mol. The van der Waals surface area contributed by atoms with Gasteiger partial charge in [-0.3, -0.25) is 0 Å². The zero-order valence-electron chi connectivity index (χ0n) is 8.57. The van der Waals surface area contributed by atoms with Gasteiger partial charge in [0.25, 0.3) is 0 Å². The molecule has 0 aliphatic rings. The van der Waals surface area contributed by atoms with Gasteiger partial charge < -0.3 is 9.84 Å². The molecule has 76 valence electrons. The first-order chi connectivity index (χ1) is 6.54. The smallest absolute Gasteiger partial charge is 0.335 e. The highest BCUT2D eigenvalue weighted by molar-refractivity contribution is 5.88. The van der Waals surface area contributed by atoms with Gasteiger partial charge in [0, 0.05) is 0 Å². The maximum Gasteiger partial charge on any atom is 0.335 e. The van der Waals surface area contributed by atoms with E-state index in [-0.39, 0.29) is 5.56 Å². The molecule has 0 unspecified atom stereocenters. The SMILES string of the molecule is COc1cc(C(=O)O)cc(C(C)C)c1. The zero-order valence-corrected chi connectivity index (χ0v) is 8.57. The lowest BCUT2D eigenvalue weighted by molar-refractivity contribution is 0.0696. The van der Waals surface area contributed by atoms with E-state index in [1.807, 2.05) is 19.9 Å². The first-order valence-corrected chi connectivity index (χ1v) is 4.47. The topological polar surface area (TPSA) is 46.5 Å². The molecule has 0 aliphatic carbocycles. The highest BCUT2D eigenvalue weighted by Gasteiger charge is 2.09. The Bertz CT molecular complexity index is 342. The first kappa shape index (κ1) is 10.6. The standard InChI is InChI=1S/C11H14O3/c1-7(2)8-4-9(11(12)13)6-10(5-8)14-3/h4-7H,1-3H3,(H,12,13). The van der Waals surface area contributed by atoms with Crippen molar-refractivity contribution in [3.8, 4) is 5.75 Å². The predicted octanol–water partition coefficient (Wildman–Crippen LogP) is 2.52.